The quantitative estimate of drug-likeness (QED) is 0.733. The van der Waals surface area contributed by atoms with Gasteiger partial charge in [0.1, 0.15) is 0 Å². The molecular formula is C18H26O2. The Labute approximate surface area is 122 Å². The minimum Gasteiger partial charge on any atom is -0.466 e. The highest BCUT2D eigenvalue weighted by Gasteiger charge is 2.23. The molecule has 0 unspecified atom stereocenters. The minimum atomic E-state index is -0.0338. The Morgan fingerprint density at radius 3 is 2.55 bits per heavy atom. The molecule has 0 atom stereocenters. The summed E-state index contributed by atoms with van der Waals surface area (Å²) in [5, 5.41) is 0. The molecule has 2 heteroatoms. The average Bonchev–Trinajstić information content (AvgIpc) is 2.47. The second-order valence-electron chi connectivity index (χ2n) is 5.92. The van der Waals surface area contributed by atoms with Crippen LogP contribution in [0.3, 0.4) is 0 Å². The molecule has 20 heavy (non-hydrogen) atoms. The lowest BCUT2D eigenvalue weighted by atomic mass is 9.76. The Morgan fingerprint density at radius 2 is 1.90 bits per heavy atom. The summed E-state index contributed by atoms with van der Waals surface area (Å²) in [6, 6.07) is 8.75. The van der Waals surface area contributed by atoms with E-state index in [0.29, 0.717) is 18.9 Å². The monoisotopic (exact) mass is 274 g/mol. The highest BCUT2D eigenvalue weighted by molar-refractivity contribution is 5.69. The van der Waals surface area contributed by atoms with E-state index in [0.717, 1.165) is 12.3 Å². The van der Waals surface area contributed by atoms with Crippen molar-refractivity contribution in [1.29, 1.82) is 0 Å². The van der Waals surface area contributed by atoms with Gasteiger partial charge in [-0.3, -0.25) is 4.79 Å². The molecule has 0 N–H and O–H groups in total. The number of carbonyl (C=O) groups excluding carboxylic acids is 1. The standard InChI is InChI=1S/C18H26O2/c1-3-20-18(19)13-10-15-8-11-16(12-9-15)17-7-5-4-6-14(17)2/h4-7,15-16H,3,8-13H2,1-2H3. The lowest BCUT2D eigenvalue weighted by Crippen LogP contribution is -2.15. The summed E-state index contributed by atoms with van der Waals surface area (Å²) < 4.78 is 5.00. The second-order valence-corrected chi connectivity index (χ2v) is 5.92. The fourth-order valence-corrected chi connectivity index (χ4v) is 3.36. The Morgan fingerprint density at radius 1 is 1.20 bits per heavy atom. The van der Waals surface area contributed by atoms with E-state index in [-0.39, 0.29) is 5.97 Å². The first-order valence-corrected chi connectivity index (χ1v) is 7.91. The van der Waals surface area contributed by atoms with Gasteiger partial charge in [0, 0.05) is 6.42 Å². The number of aryl methyl sites for hydroxylation is 1. The van der Waals surface area contributed by atoms with Crippen LogP contribution >= 0.6 is 0 Å². The van der Waals surface area contributed by atoms with Gasteiger partial charge in [-0.25, -0.2) is 0 Å². The Bertz CT molecular complexity index is 431. The predicted octanol–water partition coefficient (Wildman–Crippen LogP) is 4.61. The number of benzene rings is 1. The zero-order valence-corrected chi connectivity index (χ0v) is 12.7. The van der Waals surface area contributed by atoms with Crippen molar-refractivity contribution in [3.8, 4) is 0 Å². The number of rotatable bonds is 5. The Kier molecular flexibility index (Phi) is 5.63. The molecule has 1 aromatic carbocycles. The van der Waals surface area contributed by atoms with Crippen molar-refractivity contribution in [1.82, 2.24) is 0 Å². The fourth-order valence-electron chi connectivity index (χ4n) is 3.36. The van der Waals surface area contributed by atoms with Crippen LogP contribution in [0.4, 0.5) is 0 Å². The van der Waals surface area contributed by atoms with Crippen LogP contribution < -0.4 is 0 Å². The third kappa shape index (κ3) is 4.09. The van der Waals surface area contributed by atoms with E-state index in [2.05, 4.69) is 31.2 Å². The second kappa shape index (κ2) is 7.47. The van der Waals surface area contributed by atoms with Crippen molar-refractivity contribution in [3.05, 3.63) is 35.4 Å². The van der Waals surface area contributed by atoms with E-state index in [4.69, 9.17) is 4.74 Å². The lowest BCUT2D eigenvalue weighted by Gasteiger charge is -2.29. The van der Waals surface area contributed by atoms with Crippen LogP contribution in [0.2, 0.25) is 0 Å². The maximum absolute atomic E-state index is 11.4. The summed E-state index contributed by atoms with van der Waals surface area (Å²) in [7, 11) is 0. The number of esters is 1. The molecule has 1 fully saturated rings. The van der Waals surface area contributed by atoms with Crippen molar-refractivity contribution < 1.29 is 9.53 Å². The van der Waals surface area contributed by atoms with E-state index in [9.17, 15) is 4.79 Å². The van der Waals surface area contributed by atoms with E-state index < -0.39 is 0 Å². The molecule has 0 amide bonds. The number of hydrogen-bond acceptors (Lipinski definition) is 2. The molecule has 1 aliphatic carbocycles. The van der Waals surface area contributed by atoms with Crippen LogP contribution in [-0.4, -0.2) is 12.6 Å². The molecule has 2 rings (SSSR count). The molecule has 0 heterocycles. The highest BCUT2D eigenvalue weighted by atomic mass is 16.5. The van der Waals surface area contributed by atoms with Gasteiger partial charge in [-0.1, -0.05) is 24.3 Å². The summed E-state index contributed by atoms with van der Waals surface area (Å²) in [6.45, 7) is 4.58. The van der Waals surface area contributed by atoms with E-state index >= 15 is 0 Å². The van der Waals surface area contributed by atoms with Crippen LogP contribution in [0.15, 0.2) is 24.3 Å². The number of carbonyl (C=O) groups is 1. The summed E-state index contributed by atoms with van der Waals surface area (Å²) in [5.41, 5.74) is 2.94. The van der Waals surface area contributed by atoms with E-state index in [1.807, 2.05) is 6.92 Å². The molecule has 0 bridgehead atoms. The van der Waals surface area contributed by atoms with Crippen molar-refractivity contribution in [2.45, 2.75) is 58.3 Å². The summed E-state index contributed by atoms with van der Waals surface area (Å²) >= 11 is 0. The molecule has 0 radical (unpaired) electrons. The minimum absolute atomic E-state index is 0.0338. The first-order valence-electron chi connectivity index (χ1n) is 7.91. The molecule has 0 saturated heterocycles. The first kappa shape index (κ1) is 15.1. The third-order valence-corrected chi connectivity index (χ3v) is 4.54. The highest BCUT2D eigenvalue weighted by Crippen LogP contribution is 2.38. The molecule has 0 aromatic heterocycles. The molecule has 0 aliphatic heterocycles. The number of hydrogen-bond donors (Lipinski definition) is 0. The smallest absolute Gasteiger partial charge is 0.305 e. The van der Waals surface area contributed by atoms with Crippen LogP contribution in [0, 0.1) is 12.8 Å². The lowest BCUT2D eigenvalue weighted by molar-refractivity contribution is -0.143. The predicted molar refractivity (Wildman–Crippen MR) is 81.7 cm³/mol. The molecule has 2 nitrogen and oxygen atoms in total. The first-order chi connectivity index (χ1) is 9.70. The molecule has 1 aliphatic rings. The van der Waals surface area contributed by atoms with Crippen molar-refractivity contribution in [3.63, 3.8) is 0 Å². The fraction of sp³-hybridized carbons (Fsp3) is 0.611. The van der Waals surface area contributed by atoms with Crippen LogP contribution in [0.5, 0.6) is 0 Å². The van der Waals surface area contributed by atoms with E-state index in [1.54, 1.807) is 0 Å². The van der Waals surface area contributed by atoms with Gasteiger partial charge in [0.05, 0.1) is 6.61 Å². The van der Waals surface area contributed by atoms with Gasteiger partial charge in [0.25, 0.3) is 0 Å². The Hall–Kier alpha value is -1.31. The maximum Gasteiger partial charge on any atom is 0.305 e. The van der Waals surface area contributed by atoms with E-state index in [1.165, 1.54) is 36.8 Å². The molecular weight excluding hydrogens is 248 g/mol. The summed E-state index contributed by atoms with van der Waals surface area (Å²) in [4.78, 5) is 11.4. The summed E-state index contributed by atoms with van der Waals surface area (Å²) in [5.74, 6) is 1.39. The van der Waals surface area contributed by atoms with Gasteiger partial charge in [-0.2, -0.15) is 0 Å². The molecule has 110 valence electrons. The normalized spacial score (nSPS) is 22.5. The molecule has 0 spiro atoms. The van der Waals surface area contributed by atoms with Crippen molar-refractivity contribution in [2.24, 2.45) is 5.92 Å². The zero-order valence-electron chi connectivity index (χ0n) is 12.7. The molecule has 1 aromatic rings. The largest absolute Gasteiger partial charge is 0.466 e. The molecule has 1 saturated carbocycles. The van der Waals surface area contributed by atoms with Crippen molar-refractivity contribution >= 4 is 5.97 Å². The van der Waals surface area contributed by atoms with Crippen LogP contribution in [0.25, 0.3) is 0 Å². The third-order valence-electron chi connectivity index (χ3n) is 4.54. The van der Waals surface area contributed by atoms with Crippen molar-refractivity contribution in [2.75, 3.05) is 6.61 Å². The Balaban J connectivity index is 1.78. The van der Waals surface area contributed by atoms with Crippen LogP contribution in [-0.2, 0) is 9.53 Å². The van der Waals surface area contributed by atoms with Gasteiger partial charge in [-0.05, 0) is 68.9 Å². The average molecular weight is 274 g/mol. The maximum atomic E-state index is 11.4. The van der Waals surface area contributed by atoms with Gasteiger partial charge in [0.15, 0.2) is 0 Å². The zero-order chi connectivity index (χ0) is 14.4. The summed E-state index contributed by atoms with van der Waals surface area (Å²) in [6.07, 6.45) is 6.61. The van der Waals surface area contributed by atoms with Crippen LogP contribution in [0.1, 0.15) is 62.5 Å². The SMILES string of the molecule is CCOC(=O)CCC1CCC(c2ccccc2C)CC1. The topological polar surface area (TPSA) is 26.3 Å². The van der Waals surface area contributed by atoms with Gasteiger partial charge in [0.2, 0.25) is 0 Å². The number of ether oxygens (including phenoxy) is 1. The van der Waals surface area contributed by atoms with Gasteiger partial charge < -0.3 is 4.74 Å². The van der Waals surface area contributed by atoms with Gasteiger partial charge in [-0.15, -0.1) is 0 Å². The van der Waals surface area contributed by atoms with Gasteiger partial charge >= 0.3 is 5.97 Å².